The molecular weight excluding hydrogens is 312 g/mol. The van der Waals surface area contributed by atoms with Crippen molar-refractivity contribution >= 4 is 22.5 Å². The van der Waals surface area contributed by atoms with Crippen LogP contribution in [0.3, 0.4) is 0 Å². The van der Waals surface area contributed by atoms with Gasteiger partial charge in [0.25, 0.3) is 6.43 Å². The number of alkyl halides is 2. The van der Waals surface area contributed by atoms with E-state index in [1.54, 1.807) is 0 Å². The second-order valence-electron chi connectivity index (χ2n) is 6.19. The minimum Gasteiger partial charge on any atom is -0.356 e. The predicted molar refractivity (Wildman–Crippen MR) is 90.3 cm³/mol. The zero-order chi connectivity index (χ0) is 16.9. The van der Waals surface area contributed by atoms with Crippen molar-refractivity contribution in [2.24, 2.45) is 5.92 Å². The van der Waals surface area contributed by atoms with Crippen LogP contribution in [0, 0.1) is 5.92 Å². The number of pyridine rings is 1. The summed E-state index contributed by atoms with van der Waals surface area (Å²) in [7, 11) is 0. The molecule has 0 unspecified atom stereocenters. The molecule has 1 N–H and O–H groups in total. The standard InChI is InChI=1S/C18H21F2N3O/c19-16(20)12-22-17(24)11-13-6-9-23(10-7-13)18-15-4-2-1-3-14(15)5-8-21-18/h1-5,8,13,16H,6-7,9-12H2,(H,22,24). The van der Waals surface area contributed by atoms with Gasteiger partial charge in [0, 0.05) is 31.1 Å². The lowest BCUT2D eigenvalue weighted by atomic mass is 9.93. The summed E-state index contributed by atoms with van der Waals surface area (Å²) < 4.78 is 24.2. The number of piperidine rings is 1. The number of nitrogens with zero attached hydrogens (tertiary/aromatic N) is 2. The number of nitrogens with one attached hydrogen (secondary N) is 1. The zero-order valence-corrected chi connectivity index (χ0v) is 13.4. The molecule has 128 valence electrons. The Kier molecular flexibility index (Phi) is 5.23. The first-order valence-corrected chi connectivity index (χ1v) is 8.27. The Hall–Kier alpha value is -2.24. The maximum atomic E-state index is 12.1. The van der Waals surface area contributed by atoms with Gasteiger partial charge in [0.15, 0.2) is 0 Å². The molecule has 1 aromatic carbocycles. The highest BCUT2D eigenvalue weighted by molar-refractivity contribution is 5.92. The van der Waals surface area contributed by atoms with Crippen molar-refractivity contribution in [3.8, 4) is 0 Å². The highest BCUT2D eigenvalue weighted by atomic mass is 19.3. The number of rotatable bonds is 5. The van der Waals surface area contributed by atoms with Gasteiger partial charge in [-0.25, -0.2) is 13.8 Å². The van der Waals surface area contributed by atoms with Crippen molar-refractivity contribution < 1.29 is 13.6 Å². The van der Waals surface area contributed by atoms with Crippen molar-refractivity contribution in [2.75, 3.05) is 24.5 Å². The van der Waals surface area contributed by atoms with Crippen LogP contribution < -0.4 is 10.2 Å². The molecule has 3 rings (SSSR count). The van der Waals surface area contributed by atoms with Crippen LogP contribution in [0.2, 0.25) is 0 Å². The van der Waals surface area contributed by atoms with Crippen LogP contribution in [0.25, 0.3) is 10.8 Å². The normalized spacial score (nSPS) is 15.9. The minimum absolute atomic E-state index is 0.244. The summed E-state index contributed by atoms with van der Waals surface area (Å²) in [6.07, 6.45) is 1.39. The number of hydrogen-bond acceptors (Lipinski definition) is 3. The quantitative estimate of drug-likeness (QED) is 0.914. The average Bonchev–Trinajstić information content (AvgIpc) is 2.60. The van der Waals surface area contributed by atoms with Crippen molar-refractivity contribution in [1.29, 1.82) is 0 Å². The highest BCUT2D eigenvalue weighted by Crippen LogP contribution is 2.29. The number of fused-ring (bicyclic) bond motifs is 1. The summed E-state index contributed by atoms with van der Waals surface area (Å²) >= 11 is 0. The number of amides is 1. The third kappa shape index (κ3) is 3.99. The molecule has 0 atom stereocenters. The fraction of sp³-hybridized carbons (Fsp3) is 0.444. The molecule has 0 bridgehead atoms. The monoisotopic (exact) mass is 333 g/mol. The van der Waals surface area contributed by atoms with E-state index in [1.807, 2.05) is 24.4 Å². The fourth-order valence-electron chi connectivity index (χ4n) is 3.23. The molecule has 1 aliphatic heterocycles. The first-order valence-electron chi connectivity index (χ1n) is 8.27. The van der Waals surface area contributed by atoms with Crippen LogP contribution >= 0.6 is 0 Å². The van der Waals surface area contributed by atoms with Gasteiger partial charge in [-0.2, -0.15) is 0 Å². The van der Waals surface area contributed by atoms with Crippen LogP contribution in [0.15, 0.2) is 36.5 Å². The second-order valence-corrected chi connectivity index (χ2v) is 6.19. The molecule has 1 fully saturated rings. The van der Waals surface area contributed by atoms with Gasteiger partial charge in [-0.3, -0.25) is 4.79 Å². The van der Waals surface area contributed by atoms with Gasteiger partial charge < -0.3 is 10.2 Å². The van der Waals surface area contributed by atoms with E-state index in [9.17, 15) is 13.6 Å². The largest absolute Gasteiger partial charge is 0.356 e. The number of carbonyl (C=O) groups is 1. The van der Waals surface area contributed by atoms with Gasteiger partial charge in [-0.05, 0) is 30.2 Å². The van der Waals surface area contributed by atoms with Crippen molar-refractivity contribution in [2.45, 2.75) is 25.7 Å². The molecule has 24 heavy (non-hydrogen) atoms. The van der Waals surface area contributed by atoms with Crippen molar-refractivity contribution in [3.05, 3.63) is 36.5 Å². The summed E-state index contributed by atoms with van der Waals surface area (Å²) in [5.74, 6) is 0.944. The number of anilines is 1. The van der Waals surface area contributed by atoms with Crippen LogP contribution in [0.1, 0.15) is 19.3 Å². The number of carbonyl (C=O) groups excluding carboxylic acids is 1. The van der Waals surface area contributed by atoms with Crippen LogP contribution in [-0.4, -0.2) is 37.0 Å². The Morgan fingerprint density at radius 2 is 2.00 bits per heavy atom. The first kappa shape index (κ1) is 16.6. The van der Waals surface area contributed by atoms with E-state index in [0.29, 0.717) is 6.42 Å². The molecule has 1 aromatic heterocycles. The van der Waals surface area contributed by atoms with Gasteiger partial charge in [0.2, 0.25) is 5.91 Å². The van der Waals surface area contributed by atoms with Crippen molar-refractivity contribution in [1.82, 2.24) is 10.3 Å². The van der Waals surface area contributed by atoms with Crippen molar-refractivity contribution in [3.63, 3.8) is 0 Å². The summed E-state index contributed by atoms with van der Waals surface area (Å²) in [4.78, 5) is 18.4. The molecule has 1 aliphatic rings. The molecule has 2 heterocycles. The number of benzene rings is 1. The van der Waals surface area contributed by atoms with Gasteiger partial charge >= 0.3 is 0 Å². The molecule has 0 radical (unpaired) electrons. The van der Waals surface area contributed by atoms with E-state index >= 15 is 0 Å². The molecule has 2 aromatic rings. The Morgan fingerprint density at radius 3 is 2.75 bits per heavy atom. The summed E-state index contributed by atoms with van der Waals surface area (Å²) in [6.45, 7) is 1.10. The van der Waals surface area contributed by atoms with Crippen LogP contribution in [-0.2, 0) is 4.79 Å². The number of aromatic nitrogens is 1. The Balaban J connectivity index is 1.58. The third-order valence-corrected chi connectivity index (χ3v) is 4.49. The lowest BCUT2D eigenvalue weighted by molar-refractivity contribution is -0.122. The molecule has 0 spiro atoms. The number of hydrogen-bond donors (Lipinski definition) is 1. The maximum Gasteiger partial charge on any atom is 0.255 e. The summed E-state index contributed by atoms with van der Waals surface area (Å²) in [6, 6.07) is 10.2. The molecular formula is C18H21F2N3O. The third-order valence-electron chi connectivity index (χ3n) is 4.49. The van der Waals surface area contributed by atoms with E-state index in [0.717, 1.165) is 42.5 Å². The Morgan fingerprint density at radius 1 is 1.25 bits per heavy atom. The lowest BCUT2D eigenvalue weighted by Crippen LogP contribution is -2.37. The van der Waals surface area contributed by atoms with Crippen LogP contribution in [0.4, 0.5) is 14.6 Å². The highest BCUT2D eigenvalue weighted by Gasteiger charge is 2.23. The SMILES string of the molecule is O=C(CC1CCN(c2nccc3ccccc23)CC1)NCC(F)F. The van der Waals surface area contributed by atoms with Gasteiger partial charge in [-0.15, -0.1) is 0 Å². The second kappa shape index (κ2) is 7.55. The molecule has 0 saturated carbocycles. The Bertz CT molecular complexity index is 694. The summed E-state index contributed by atoms with van der Waals surface area (Å²) in [5.41, 5.74) is 0. The molecule has 6 heteroatoms. The molecule has 4 nitrogen and oxygen atoms in total. The molecule has 1 amide bonds. The van der Waals surface area contributed by atoms with Gasteiger partial charge in [-0.1, -0.05) is 24.3 Å². The van der Waals surface area contributed by atoms with E-state index in [-0.39, 0.29) is 11.8 Å². The predicted octanol–water partition coefficient (Wildman–Crippen LogP) is 3.22. The van der Waals surface area contributed by atoms with Gasteiger partial charge in [0.1, 0.15) is 5.82 Å². The Labute approximate surface area is 139 Å². The van der Waals surface area contributed by atoms with E-state index < -0.39 is 13.0 Å². The van der Waals surface area contributed by atoms with E-state index in [4.69, 9.17) is 0 Å². The average molecular weight is 333 g/mol. The maximum absolute atomic E-state index is 12.1. The topological polar surface area (TPSA) is 45.2 Å². The van der Waals surface area contributed by atoms with E-state index in [1.165, 1.54) is 0 Å². The fourth-order valence-corrected chi connectivity index (χ4v) is 3.23. The van der Waals surface area contributed by atoms with Crippen LogP contribution in [0.5, 0.6) is 0 Å². The molecule has 0 aliphatic carbocycles. The number of halogens is 2. The molecule has 1 saturated heterocycles. The zero-order valence-electron chi connectivity index (χ0n) is 13.4. The smallest absolute Gasteiger partial charge is 0.255 e. The lowest BCUT2D eigenvalue weighted by Gasteiger charge is -2.33. The van der Waals surface area contributed by atoms with E-state index in [2.05, 4.69) is 27.3 Å². The summed E-state index contributed by atoms with van der Waals surface area (Å²) in [5, 5.41) is 4.58. The minimum atomic E-state index is -2.49. The van der Waals surface area contributed by atoms with Gasteiger partial charge in [0.05, 0.1) is 6.54 Å². The first-order chi connectivity index (χ1) is 11.6.